The largest absolute Gasteiger partial charge is 0.478 e. The van der Waals surface area contributed by atoms with Gasteiger partial charge in [0.2, 0.25) is 0 Å². The highest BCUT2D eigenvalue weighted by Gasteiger charge is 2.24. The molecule has 0 saturated heterocycles. The molecule has 0 bridgehead atoms. The number of carboxylic acid groups (broad SMARTS) is 2. The molecular formula is C15H10O5. The summed E-state index contributed by atoms with van der Waals surface area (Å²) in [5, 5.41) is 19.5. The van der Waals surface area contributed by atoms with Crippen molar-refractivity contribution >= 4 is 33.9 Å². The van der Waals surface area contributed by atoms with Crippen LogP contribution in [0.2, 0.25) is 0 Å². The molecule has 0 aliphatic carbocycles. The molecule has 0 unspecified atom stereocenters. The number of para-hydroxylation sites is 1. The minimum Gasteiger partial charge on any atom is -0.478 e. The number of fused-ring (bicyclic) bond motifs is 3. The second-order valence-corrected chi connectivity index (χ2v) is 4.53. The van der Waals surface area contributed by atoms with Gasteiger partial charge in [0.1, 0.15) is 11.2 Å². The van der Waals surface area contributed by atoms with E-state index in [4.69, 9.17) is 4.42 Å². The van der Waals surface area contributed by atoms with Gasteiger partial charge in [0.25, 0.3) is 0 Å². The molecule has 0 fully saturated rings. The highest BCUT2D eigenvalue weighted by atomic mass is 16.4. The number of carbonyl (C=O) groups is 2. The second kappa shape index (κ2) is 4.09. The van der Waals surface area contributed by atoms with Gasteiger partial charge in [0.05, 0.1) is 11.1 Å². The zero-order valence-electron chi connectivity index (χ0n) is 10.5. The SMILES string of the molecule is Cc1cc(C(=O)O)c(C(=O)O)c2c1oc1ccccc12. The van der Waals surface area contributed by atoms with Crippen LogP contribution in [0.25, 0.3) is 21.9 Å². The lowest BCUT2D eigenvalue weighted by Crippen LogP contribution is -2.09. The summed E-state index contributed by atoms with van der Waals surface area (Å²) in [6.45, 7) is 1.70. The Hall–Kier alpha value is -2.82. The highest BCUT2D eigenvalue weighted by Crippen LogP contribution is 2.35. The van der Waals surface area contributed by atoms with Crippen molar-refractivity contribution in [3.8, 4) is 0 Å². The van der Waals surface area contributed by atoms with Gasteiger partial charge in [-0.05, 0) is 24.6 Å². The fraction of sp³-hybridized carbons (Fsp3) is 0.0667. The Labute approximate surface area is 113 Å². The third-order valence-electron chi connectivity index (χ3n) is 3.28. The highest BCUT2D eigenvalue weighted by molar-refractivity contribution is 6.19. The number of benzene rings is 2. The van der Waals surface area contributed by atoms with E-state index >= 15 is 0 Å². The molecule has 3 rings (SSSR count). The van der Waals surface area contributed by atoms with Crippen molar-refractivity contribution in [3.05, 3.63) is 47.0 Å². The molecule has 100 valence electrons. The van der Waals surface area contributed by atoms with Crippen molar-refractivity contribution in [2.75, 3.05) is 0 Å². The van der Waals surface area contributed by atoms with E-state index in [9.17, 15) is 19.8 Å². The molecule has 0 radical (unpaired) electrons. The Kier molecular flexibility index (Phi) is 2.50. The van der Waals surface area contributed by atoms with E-state index in [2.05, 4.69) is 0 Å². The van der Waals surface area contributed by atoms with Crippen LogP contribution in [0.1, 0.15) is 26.3 Å². The van der Waals surface area contributed by atoms with Crippen LogP contribution in [0.3, 0.4) is 0 Å². The second-order valence-electron chi connectivity index (χ2n) is 4.53. The monoisotopic (exact) mass is 270 g/mol. The minimum atomic E-state index is -1.28. The average Bonchev–Trinajstić information content (AvgIpc) is 2.78. The lowest BCUT2D eigenvalue weighted by molar-refractivity contribution is 0.0653. The van der Waals surface area contributed by atoms with Gasteiger partial charge in [-0.2, -0.15) is 0 Å². The van der Waals surface area contributed by atoms with E-state index in [1.54, 1.807) is 31.2 Å². The van der Waals surface area contributed by atoms with Crippen LogP contribution in [-0.2, 0) is 0 Å². The molecule has 20 heavy (non-hydrogen) atoms. The summed E-state index contributed by atoms with van der Waals surface area (Å²) in [7, 11) is 0. The van der Waals surface area contributed by atoms with Crippen molar-refractivity contribution in [2.45, 2.75) is 6.92 Å². The van der Waals surface area contributed by atoms with Gasteiger partial charge in [0.15, 0.2) is 0 Å². The van der Waals surface area contributed by atoms with Crippen molar-refractivity contribution in [1.82, 2.24) is 0 Å². The lowest BCUT2D eigenvalue weighted by atomic mass is 9.97. The van der Waals surface area contributed by atoms with E-state index in [1.165, 1.54) is 6.07 Å². The Balaban J connectivity index is 2.63. The van der Waals surface area contributed by atoms with Gasteiger partial charge >= 0.3 is 11.9 Å². The maximum absolute atomic E-state index is 11.5. The molecule has 5 nitrogen and oxygen atoms in total. The first-order chi connectivity index (χ1) is 9.50. The molecule has 0 spiro atoms. The summed E-state index contributed by atoms with van der Waals surface area (Å²) in [6.07, 6.45) is 0. The van der Waals surface area contributed by atoms with Crippen molar-refractivity contribution < 1.29 is 24.2 Å². The lowest BCUT2D eigenvalue weighted by Gasteiger charge is -2.05. The van der Waals surface area contributed by atoms with Crippen molar-refractivity contribution in [3.63, 3.8) is 0 Å². The van der Waals surface area contributed by atoms with Gasteiger partial charge in [0, 0.05) is 10.8 Å². The third kappa shape index (κ3) is 1.56. The molecule has 2 aromatic carbocycles. The fourth-order valence-electron chi connectivity index (χ4n) is 2.45. The summed E-state index contributed by atoms with van der Waals surface area (Å²) in [4.78, 5) is 22.8. The van der Waals surface area contributed by atoms with Gasteiger partial charge in [-0.25, -0.2) is 9.59 Å². The molecule has 0 aliphatic rings. The topological polar surface area (TPSA) is 87.7 Å². The number of rotatable bonds is 2. The molecule has 0 aliphatic heterocycles. The van der Waals surface area contributed by atoms with Crippen LogP contribution in [0, 0.1) is 6.92 Å². The molecule has 0 atom stereocenters. The van der Waals surface area contributed by atoms with Gasteiger partial charge in [-0.3, -0.25) is 0 Å². The number of aryl methyl sites for hydroxylation is 1. The van der Waals surface area contributed by atoms with E-state index in [0.29, 0.717) is 27.5 Å². The number of hydrogen-bond donors (Lipinski definition) is 2. The molecule has 3 aromatic rings. The molecule has 1 heterocycles. The number of furan rings is 1. The normalized spacial score (nSPS) is 11.1. The quantitative estimate of drug-likeness (QED) is 0.746. The zero-order chi connectivity index (χ0) is 14.4. The van der Waals surface area contributed by atoms with E-state index < -0.39 is 11.9 Å². The summed E-state index contributed by atoms with van der Waals surface area (Å²) in [5.74, 6) is -2.54. The van der Waals surface area contributed by atoms with Crippen LogP contribution < -0.4 is 0 Å². The summed E-state index contributed by atoms with van der Waals surface area (Å²) >= 11 is 0. The predicted molar refractivity (Wildman–Crippen MR) is 72.4 cm³/mol. The first-order valence-electron chi connectivity index (χ1n) is 5.92. The summed E-state index contributed by atoms with van der Waals surface area (Å²) < 4.78 is 5.65. The maximum atomic E-state index is 11.5. The average molecular weight is 270 g/mol. The fourth-order valence-corrected chi connectivity index (χ4v) is 2.45. The smallest absolute Gasteiger partial charge is 0.337 e. The Morgan fingerprint density at radius 2 is 1.80 bits per heavy atom. The molecule has 1 aromatic heterocycles. The van der Waals surface area contributed by atoms with Crippen LogP contribution in [-0.4, -0.2) is 22.2 Å². The molecule has 5 heteroatoms. The third-order valence-corrected chi connectivity index (χ3v) is 3.28. The Morgan fingerprint density at radius 1 is 1.10 bits per heavy atom. The standard InChI is InChI=1S/C15H10O5/c1-7-6-9(14(16)17)12(15(18)19)11-8-4-2-3-5-10(8)20-13(7)11/h2-6H,1H3,(H,16,17)(H,18,19). The minimum absolute atomic E-state index is 0.228. The zero-order valence-corrected chi connectivity index (χ0v) is 10.5. The van der Waals surface area contributed by atoms with E-state index in [0.717, 1.165) is 0 Å². The van der Waals surface area contributed by atoms with Crippen molar-refractivity contribution in [2.24, 2.45) is 0 Å². The van der Waals surface area contributed by atoms with Crippen LogP contribution in [0.4, 0.5) is 0 Å². The summed E-state index contributed by atoms with van der Waals surface area (Å²) in [5.41, 5.74) is 1.08. The molecule has 0 saturated carbocycles. The van der Waals surface area contributed by atoms with Crippen LogP contribution in [0.15, 0.2) is 34.7 Å². The van der Waals surface area contributed by atoms with Gasteiger partial charge < -0.3 is 14.6 Å². The van der Waals surface area contributed by atoms with Crippen LogP contribution in [0.5, 0.6) is 0 Å². The number of carboxylic acids is 2. The maximum Gasteiger partial charge on any atom is 0.337 e. The van der Waals surface area contributed by atoms with Gasteiger partial charge in [-0.15, -0.1) is 0 Å². The summed E-state index contributed by atoms with van der Waals surface area (Å²) in [6, 6.07) is 8.31. The number of aromatic carboxylic acids is 2. The van der Waals surface area contributed by atoms with E-state index in [-0.39, 0.29) is 11.1 Å². The van der Waals surface area contributed by atoms with Crippen LogP contribution >= 0.6 is 0 Å². The first kappa shape index (κ1) is 12.2. The molecular weight excluding hydrogens is 260 g/mol. The van der Waals surface area contributed by atoms with Crippen molar-refractivity contribution in [1.29, 1.82) is 0 Å². The van der Waals surface area contributed by atoms with Gasteiger partial charge in [-0.1, -0.05) is 18.2 Å². The number of hydrogen-bond acceptors (Lipinski definition) is 3. The predicted octanol–water partition coefficient (Wildman–Crippen LogP) is 3.29. The first-order valence-corrected chi connectivity index (χ1v) is 5.92. The van der Waals surface area contributed by atoms with E-state index in [1.807, 2.05) is 0 Å². The molecule has 2 N–H and O–H groups in total. The Morgan fingerprint density at radius 3 is 2.45 bits per heavy atom. The molecule has 0 amide bonds. The Bertz CT molecular complexity index is 873.